The molecule has 18 nitrogen and oxygen atoms in total. The second kappa shape index (κ2) is 25.0. The zero-order valence-electron chi connectivity index (χ0n) is 39.0. The van der Waals surface area contributed by atoms with Crippen molar-refractivity contribution in [2.45, 2.75) is 88.4 Å². The van der Waals surface area contributed by atoms with Gasteiger partial charge in [-0.05, 0) is 91.6 Å². The van der Waals surface area contributed by atoms with Crippen LogP contribution in [0.5, 0.6) is 0 Å². The predicted octanol–water partition coefficient (Wildman–Crippen LogP) is 5.66. The minimum absolute atomic E-state index is 0.00429. The van der Waals surface area contributed by atoms with Gasteiger partial charge in [0.25, 0.3) is 30.4 Å². The van der Waals surface area contributed by atoms with Crippen molar-refractivity contribution in [1.82, 2.24) is 4.58 Å². The largest absolute Gasteiger partial charge is 0.481 e. The van der Waals surface area contributed by atoms with E-state index in [0.29, 0.717) is 107 Å². The van der Waals surface area contributed by atoms with Gasteiger partial charge in [-0.3, -0.25) is 18.5 Å². The molecular formula is C46H67N2O16S3+. The first-order valence-corrected chi connectivity index (χ1v) is 26.9. The summed E-state index contributed by atoms with van der Waals surface area (Å²) in [7, 11) is -11.5. The molecule has 0 fully saturated rings. The van der Waals surface area contributed by atoms with Crippen LogP contribution < -0.4 is 14.8 Å². The number of methoxy groups -OCH3 is 1. The lowest BCUT2D eigenvalue weighted by molar-refractivity contribution is -0.137. The molecule has 0 bridgehead atoms. The molecule has 2 heterocycles. The van der Waals surface area contributed by atoms with Gasteiger partial charge in [0, 0.05) is 54.9 Å². The van der Waals surface area contributed by atoms with Gasteiger partial charge in [-0.1, -0.05) is 33.3 Å². The number of rotatable bonds is 29. The fourth-order valence-corrected chi connectivity index (χ4v) is 9.53. The average molecular weight is 1000 g/mol. The third-order valence-corrected chi connectivity index (χ3v) is 13.8. The third kappa shape index (κ3) is 17.8. The molecule has 21 heteroatoms. The van der Waals surface area contributed by atoms with E-state index in [0.717, 1.165) is 16.5 Å². The first kappa shape index (κ1) is 55.6. The fraction of sp³-hybridized carbons (Fsp3) is 0.565. The van der Waals surface area contributed by atoms with Crippen LogP contribution in [0.4, 0.5) is 5.69 Å². The van der Waals surface area contributed by atoms with E-state index in [1.165, 1.54) is 12.1 Å². The highest BCUT2D eigenvalue weighted by molar-refractivity contribution is 7.86. The van der Waals surface area contributed by atoms with E-state index in [-0.39, 0.29) is 42.5 Å². The Balaban J connectivity index is 1.75. The number of allylic oxidation sites excluding steroid dienone is 3. The van der Waals surface area contributed by atoms with Crippen LogP contribution in [0.15, 0.2) is 69.6 Å². The lowest BCUT2D eigenvalue weighted by Crippen LogP contribution is -2.35. The van der Waals surface area contributed by atoms with E-state index in [9.17, 15) is 48.8 Å². The van der Waals surface area contributed by atoms with Gasteiger partial charge in [0.05, 0.1) is 62.1 Å². The molecular weight excluding hydrogens is 933 g/mol. The number of hydrogen-bond donors (Lipinski definition) is 4. The van der Waals surface area contributed by atoms with Crippen LogP contribution in [0.1, 0.15) is 89.5 Å². The van der Waals surface area contributed by atoms with E-state index in [1.807, 2.05) is 46.7 Å². The van der Waals surface area contributed by atoms with E-state index in [1.54, 1.807) is 25.3 Å². The van der Waals surface area contributed by atoms with Crippen LogP contribution in [-0.4, -0.2) is 134 Å². The number of ether oxygens (including phenoxy) is 4. The molecule has 0 saturated carbocycles. The van der Waals surface area contributed by atoms with Crippen LogP contribution in [0.2, 0.25) is 0 Å². The van der Waals surface area contributed by atoms with Gasteiger partial charge in [0.1, 0.15) is 24.7 Å². The molecule has 0 aromatic heterocycles. The zero-order valence-corrected chi connectivity index (χ0v) is 41.5. The molecule has 374 valence electrons. The summed E-state index contributed by atoms with van der Waals surface area (Å²) in [4.78, 5) is 12.9. The Morgan fingerprint density at radius 3 is 2.04 bits per heavy atom. The van der Waals surface area contributed by atoms with Gasteiger partial charge in [-0.15, -0.1) is 0 Å². The maximum Gasteiger partial charge on any atom is 0.303 e. The Bertz CT molecular complexity index is 2560. The number of unbranched alkanes of at least 4 members (excludes halogenated alkanes) is 2. The summed E-state index contributed by atoms with van der Waals surface area (Å²) < 4.78 is 131. The van der Waals surface area contributed by atoms with Crippen molar-refractivity contribution in [1.29, 1.82) is 0 Å². The van der Waals surface area contributed by atoms with Gasteiger partial charge in [0.15, 0.2) is 6.54 Å². The Labute approximate surface area is 394 Å². The number of aliphatic carboxylic acids is 1. The predicted molar refractivity (Wildman–Crippen MR) is 254 cm³/mol. The number of carbonyl (C=O) groups is 1. The van der Waals surface area contributed by atoms with Crippen molar-refractivity contribution >= 4 is 48.1 Å². The zero-order chi connectivity index (χ0) is 49.5. The van der Waals surface area contributed by atoms with Gasteiger partial charge >= 0.3 is 5.97 Å². The maximum absolute atomic E-state index is 12.3. The van der Waals surface area contributed by atoms with E-state index in [2.05, 4.69) is 20.8 Å². The van der Waals surface area contributed by atoms with Crippen LogP contribution >= 0.6 is 0 Å². The van der Waals surface area contributed by atoms with Crippen molar-refractivity contribution in [2.75, 3.05) is 89.4 Å². The van der Waals surface area contributed by atoms with Crippen molar-refractivity contribution in [3.05, 3.63) is 82.6 Å². The highest BCUT2D eigenvalue weighted by atomic mass is 32.2. The average Bonchev–Trinajstić information content (AvgIpc) is 3.45. The molecule has 4 rings (SSSR count). The summed E-state index contributed by atoms with van der Waals surface area (Å²) in [6, 6.07) is 12.0. The Morgan fingerprint density at radius 1 is 0.791 bits per heavy atom. The van der Waals surface area contributed by atoms with E-state index >= 15 is 0 Å². The van der Waals surface area contributed by atoms with Gasteiger partial charge in [-0.2, -0.15) is 25.3 Å². The molecule has 0 radical (unpaired) electrons. The lowest BCUT2D eigenvalue weighted by Gasteiger charge is -2.30. The highest BCUT2D eigenvalue weighted by Gasteiger charge is 2.43. The number of anilines is 1. The molecule has 1 unspecified atom stereocenters. The van der Waals surface area contributed by atoms with Gasteiger partial charge < -0.3 is 33.4 Å². The Hall–Kier alpha value is -4.03. The van der Waals surface area contributed by atoms with Crippen LogP contribution in [-0.2, 0) is 64.9 Å². The third-order valence-electron chi connectivity index (χ3n) is 11.3. The first-order chi connectivity index (χ1) is 31.4. The molecule has 0 amide bonds. The second-order valence-electron chi connectivity index (χ2n) is 17.6. The monoisotopic (exact) mass is 999 g/mol. The van der Waals surface area contributed by atoms with Crippen molar-refractivity contribution in [3.63, 3.8) is 0 Å². The highest BCUT2D eigenvalue weighted by Crippen LogP contribution is 2.51. The van der Waals surface area contributed by atoms with Gasteiger partial charge in [-0.25, -0.2) is 4.58 Å². The molecule has 2 aliphatic heterocycles. The second-order valence-corrected chi connectivity index (χ2v) is 22.2. The Kier molecular flexibility index (Phi) is 20.7. The normalized spacial score (nSPS) is 17.0. The summed E-state index contributed by atoms with van der Waals surface area (Å²) in [6.45, 7) is 12.0. The molecule has 0 saturated heterocycles. The maximum atomic E-state index is 12.3. The molecule has 67 heavy (non-hydrogen) atoms. The van der Waals surface area contributed by atoms with Gasteiger partial charge in [0.2, 0.25) is 5.36 Å². The number of carboxylic acid groups (broad SMARTS) is 1. The molecule has 3 aliphatic rings. The summed E-state index contributed by atoms with van der Waals surface area (Å²) in [5.41, 5.74) is 2.32. The number of carboxylic acids is 1. The number of benzene rings is 2. The molecule has 4 N–H and O–H groups in total. The standard InChI is InChI=1S/C46H66N2O16S3/c1-45(2,3)39-33-36(64-42-32-35(15-17-38(39)42)47(20-11-31-66(54,55)56)22-23-61-26-27-63-29-28-62-25-24-60-5)12-9-13-43-46(4,19-10-30-65(51,52)53)40-34-37(67(57,58)59)16-18-41(40)48(43)21-8-6-7-14-44(49)50/h9,12-13,15-18,32-34H,6-8,10-11,14,19-31H2,1-5H3,(H3-,49,50,51,52,53,54,55,56,57,58,59)/p+1. The van der Waals surface area contributed by atoms with Crippen LogP contribution in [0.25, 0.3) is 17.4 Å². The van der Waals surface area contributed by atoms with E-state index in [4.69, 9.17) is 23.4 Å². The number of hydrogen-bond acceptors (Lipinski definition) is 13. The molecule has 0 spiro atoms. The SMILES string of the molecule is COCCOCCOCCOCC[N+](CCCS(=O)(=O)O)=c1ccc2c(C(C)(C)C)cc(C=CC=C3N(CCCCCC(=O)O)c4ccc(S(=O)(=O)O)cc4C3(C)CCCS(=O)(=O)O)oc-2c1. The molecule has 1 aromatic carbocycles. The molecule has 1 atom stereocenters. The van der Waals surface area contributed by atoms with Crippen molar-refractivity contribution in [2.24, 2.45) is 0 Å². The molecule has 1 aliphatic carbocycles. The van der Waals surface area contributed by atoms with Crippen LogP contribution in [0, 0.1) is 0 Å². The van der Waals surface area contributed by atoms with Crippen LogP contribution in [0.3, 0.4) is 0 Å². The molecule has 1 aromatic rings. The summed E-state index contributed by atoms with van der Waals surface area (Å²) in [6.07, 6.45) is 7.35. The lowest BCUT2D eigenvalue weighted by atomic mass is 9.77. The minimum atomic E-state index is -4.62. The minimum Gasteiger partial charge on any atom is -0.481 e. The van der Waals surface area contributed by atoms with Crippen molar-refractivity contribution < 1.29 is 72.2 Å². The van der Waals surface area contributed by atoms with Crippen molar-refractivity contribution in [3.8, 4) is 11.3 Å². The quantitative estimate of drug-likeness (QED) is 0.0372. The number of fused-ring (bicyclic) bond motifs is 2. The topological polar surface area (TPSA) is 257 Å². The fourth-order valence-electron chi connectivity index (χ4n) is 8.02. The summed E-state index contributed by atoms with van der Waals surface area (Å²) >= 11 is 0. The summed E-state index contributed by atoms with van der Waals surface area (Å²) in [5, 5.41) is 9.92. The summed E-state index contributed by atoms with van der Waals surface area (Å²) in [5.74, 6) is -0.833. The first-order valence-electron chi connectivity index (χ1n) is 22.2. The smallest absolute Gasteiger partial charge is 0.303 e. The number of nitrogens with zero attached hydrogens (tertiary/aromatic N) is 2. The van der Waals surface area contributed by atoms with E-state index < -0.39 is 53.2 Å². The Morgan fingerprint density at radius 2 is 1.43 bits per heavy atom.